The molecule has 1 aromatic heterocycles. The van der Waals surface area contributed by atoms with Crippen LogP contribution in [0.4, 0.5) is 0 Å². The number of carbonyl (C=O) groups excluding carboxylic acids is 1. The number of carbonyl (C=O) groups is 1. The lowest BCUT2D eigenvalue weighted by Crippen LogP contribution is -2.47. The summed E-state index contributed by atoms with van der Waals surface area (Å²) in [6.07, 6.45) is 2.87. The molecule has 0 radical (unpaired) electrons. The number of nitrogens with zero attached hydrogens (tertiary/aromatic N) is 2. The standard InChI is InChI=1S/C23H29N3O2.ClH/c1-15(2)28-19-7-5-17(6-8-19)18-13-16(3)24-21(14-18)20-9-10-23(25-20)11-12-26(4)22(23)27;/h5-8,13-15,20,25H,9-12H2,1-4H3;1H/t20-,23+;/m1./s1. The maximum atomic E-state index is 12.6. The number of hydrogen-bond acceptors (Lipinski definition) is 4. The Kier molecular flexibility index (Phi) is 6.20. The highest BCUT2D eigenvalue weighted by Crippen LogP contribution is 2.39. The van der Waals surface area contributed by atoms with Gasteiger partial charge in [0.05, 0.1) is 17.8 Å². The molecule has 2 fully saturated rings. The lowest BCUT2D eigenvalue weighted by atomic mass is 9.96. The van der Waals surface area contributed by atoms with E-state index in [1.807, 2.05) is 44.9 Å². The van der Waals surface area contributed by atoms with Crippen molar-refractivity contribution < 1.29 is 9.53 Å². The molecule has 2 aliphatic heterocycles. The molecule has 29 heavy (non-hydrogen) atoms. The van der Waals surface area contributed by atoms with Crippen LogP contribution in [-0.2, 0) is 4.79 Å². The van der Waals surface area contributed by atoms with Gasteiger partial charge in [-0.05, 0) is 75.4 Å². The second-order valence-corrected chi connectivity index (χ2v) is 8.41. The average molecular weight is 416 g/mol. The topological polar surface area (TPSA) is 54.5 Å². The Bertz CT molecular complexity index is 884. The van der Waals surface area contributed by atoms with Crippen molar-refractivity contribution in [3.8, 4) is 16.9 Å². The Hall–Kier alpha value is -2.11. The molecule has 4 rings (SSSR count). The minimum atomic E-state index is -0.388. The maximum absolute atomic E-state index is 12.6. The first kappa shape index (κ1) is 21.6. The summed E-state index contributed by atoms with van der Waals surface area (Å²) < 4.78 is 5.75. The van der Waals surface area contributed by atoms with Crippen LogP contribution in [0.3, 0.4) is 0 Å². The first-order valence-corrected chi connectivity index (χ1v) is 10.2. The summed E-state index contributed by atoms with van der Waals surface area (Å²) in [6, 6.07) is 12.6. The van der Waals surface area contributed by atoms with E-state index < -0.39 is 0 Å². The van der Waals surface area contributed by atoms with Crippen LogP contribution < -0.4 is 10.1 Å². The van der Waals surface area contributed by atoms with Gasteiger partial charge in [-0.3, -0.25) is 15.1 Å². The molecule has 1 N–H and O–H groups in total. The molecule has 2 aromatic rings. The molecule has 2 atom stereocenters. The molecule has 5 nitrogen and oxygen atoms in total. The van der Waals surface area contributed by atoms with E-state index in [1.54, 1.807) is 0 Å². The number of benzene rings is 1. The molecule has 6 heteroatoms. The predicted octanol–water partition coefficient (Wildman–Crippen LogP) is 4.29. The second-order valence-electron chi connectivity index (χ2n) is 8.41. The molecule has 0 saturated carbocycles. The number of ether oxygens (including phenoxy) is 1. The molecule has 156 valence electrons. The maximum Gasteiger partial charge on any atom is 0.242 e. The fourth-order valence-corrected chi connectivity index (χ4v) is 4.43. The van der Waals surface area contributed by atoms with Gasteiger partial charge in [0.1, 0.15) is 11.3 Å². The molecule has 2 saturated heterocycles. The smallest absolute Gasteiger partial charge is 0.242 e. The zero-order chi connectivity index (χ0) is 19.9. The van der Waals surface area contributed by atoms with E-state index >= 15 is 0 Å². The highest BCUT2D eigenvalue weighted by atomic mass is 35.5. The fraction of sp³-hybridized carbons (Fsp3) is 0.478. The van der Waals surface area contributed by atoms with E-state index in [4.69, 9.17) is 9.72 Å². The Morgan fingerprint density at radius 2 is 1.90 bits per heavy atom. The Labute approximate surface area is 179 Å². The number of likely N-dealkylation sites (tertiary alicyclic amines) is 1. The van der Waals surface area contributed by atoms with Crippen LogP contribution in [0.2, 0.25) is 0 Å². The average Bonchev–Trinajstić information content (AvgIpc) is 3.21. The zero-order valence-corrected chi connectivity index (χ0v) is 18.4. The van der Waals surface area contributed by atoms with Crippen molar-refractivity contribution in [3.05, 3.63) is 47.8 Å². The van der Waals surface area contributed by atoms with Crippen molar-refractivity contribution in [3.63, 3.8) is 0 Å². The lowest BCUT2D eigenvalue weighted by molar-refractivity contribution is -0.131. The third kappa shape index (κ3) is 4.26. The number of amides is 1. The van der Waals surface area contributed by atoms with Gasteiger partial charge < -0.3 is 9.64 Å². The van der Waals surface area contributed by atoms with Crippen molar-refractivity contribution in [2.24, 2.45) is 0 Å². The van der Waals surface area contributed by atoms with Crippen LogP contribution in [0.1, 0.15) is 50.5 Å². The number of nitrogens with one attached hydrogen (secondary N) is 1. The number of aromatic nitrogens is 1. The van der Waals surface area contributed by atoms with Gasteiger partial charge in [-0.1, -0.05) is 12.1 Å². The van der Waals surface area contributed by atoms with Gasteiger partial charge in [-0.25, -0.2) is 0 Å². The van der Waals surface area contributed by atoms with Gasteiger partial charge in [0.25, 0.3) is 0 Å². The third-order valence-corrected chi connectivity index (χ3v) is 5.83. The largest absolute Gasteiger partial charge is 0.491 e. The van der Waals surface area contributed by atoms with E-state index in [9.17, 15) is 4.79 Å². The second kappa shape index (κ2) is 8.33. The van der Waals surface area contributed by atoms with Crippen molar-refractivity contribution in [2.45, 2.75) is 57.7 Å². The Balaban J connectivity index is 0.00000240. The normalized spacial score (nSPS) is 23.7. The first-order valence-electron chi connectivity index (χ1n) is 10.2. The van der Waals surface area contributed by atoms with Crippen molar-refractivity contribution in [1.82, 2.24) is 15.2 Å². The number of aryl methyl sites for hydroxylation is 1. The summed E-state index contributed by atoms with van der Waals surface area (Å²) in [6.45, 7) is 6.92. The molecule has 2 aliphatic rings. The van der Waals surface area contributed by atoms with Crippen LogP contribution in [0.5, 0.6) is 5.75 Å². The summed E-state index contributed by atoms with van der Waals surface area (Å²) in [7, 11) is 1.89. The van der Waals surface area contributed by atoms with Crippen molar-refractivity contribution in [2.75, 3.05) is 13.6 Å². The molecule has 1 spiro atoms. The number of halogens is 1. The molecule has 0 unspecified atom stereocenters. The van der Waals surface area contributed by atoms with E-state index in [-0.39, 0.29) is 36.0 Å². The van der Waals surface area contributed by atoms with E-state index in [1.165, 1.54) is 0 Å². The molecular weight excluding hydrogens is 386 g/mol. The minimum absolute atomic E-state index is 0. The Morgan fingerprint density at radius 1 is 1.17 bits per heavy atom. The third-order valence-electron chi connectivity index (χ3n) is 5.83. The summed E-state index contributed by atoms with van der Waals surface area (Å²) >= 11 is 0. The monoisotopic (exact) mass is 415 g/mol. The van der Waals surface area contributed by atoms with Crippen LogP contribution in [-0.4, -0.2) is 41.0 Å². The van der Waals surface area contributed by atoms with Gasteiger partial charge in [0.2, 0.25) is 5.91 Å². The van der Waals surface area contributed by atoms with E-state index in [2.05, 4.69) is 29.6 Å². The van der Waals surface area contributed by atoms with Gasteiger partial charge in [-0.15, -0.1) is 12.4 Å². The zero-order valence-electron chi connectivity index (χ0n) is 17.6. The number of rotatable bonds is 4. The first-order chi connectivity index (χ1) is 13.4. The molecule has 0 aliphatic carbocycles. The van der Waals surface area contributed by atoms with Gasteiger partial charge in [0, 0.05) is 19.3 Å². The van der Waals surface area contributed by atoms with Crippen LogP contribution >= 0.6 is 12.4 Å². The number of hydrogen-bond donors (Lipinski definition) is 1. The molecule has 3 heterocycles. The molecular formula is C23H30ClN3O2. The van der Waals surface area contributed by atoms with Gasteiger partial charge in [0.15, 0.2) is 0 Å². The van der Waals surface area contributed by atoms with E-state index in [0.717, 1.165) is 54.1 Å². The highest BCUT2D eigenvalue weighted by Gasteiger charge is 2.50. The number of likely N-dealkylation sites (N-methyl/N-ethyl adjacent to an activating group) is 1. The van der Waals surface area contributed by atoms with Gasteiger partial charge in [-0.2, -0.15) is 0 Å². The summed E-state index contributed by atoms with van der Waals surface area (Å²) in [4.78, 5) is 19.2. The summed E-state index contributed by atoms with van der Waals surface area (Å²) in [5.74, 6) is 1.11. The summed E-state index contributed by atoms with van der Waals surface area (Å²) in [5.41, 5.74) is 3.92. The Morgan fingerprint density at radius 3 is 2.52 bits per heavy atom. The van der Waals surface area contributed by atoms with Crippen LogP contribution in [0, 0.1) is 6.92 Å². The van der Waals surface area contributed by atoms with Gasteiger partial charge >= 0.3 is 0 Å². The predicted molar refractivity (Wildman–Crippen MR) is 118 cm³/mol. The quantitative estimate of drug-likeness (QED) is 0.809. The molecule has 1 amide bonds. The van der Waals surface area contributed by atoms with Crippen LogP contribution in [0.25, 0.3) is 11.1 Å². The fourth-order valence-electron chi connectivity index (χ4n) is 4.43. The summed E-state index contributed by atoms with van der Waals surface area (Å²) in [5, 5.41) is 3.63. The SMILES string of the molecule is Cc1cc(-c2ccc(OC(C)C)cc2)cc([C@H]2CC[C@@]3(CCN(C)C3=O)N2)n1.Cl. The van der Waals surface area contributed by atoms with Crippen molar-refractivity contribution in [1.29, 1.82) is 0 Å². The van der Waals surface area contributed by atoms with Crippen LogP contribution in [0.15, 0.2) is 36.4 Å². The molecule has 1 aromatic carbocycles. The molecule has 0 bridgehead atoms. The minimum Gasteiger partial charge on any atom is -0.491 e. The highest BCUT2D eigenvalue weighted by molar-refractivity contribution is 5.88. The number of pyridine rings is 1. The van der Waals surface area contributed by atoms with E-state index in [0.29, 0.717) is 0 Å². The lowest BCUT2D eigenvalue weighted by Gasteiger charge is -2.23. The van der Waals surface area contributed by atoms with Crippen molar-refractivity contribution >= 4 is 18.3 Å².